The Labute approximate surface area is 237 Å². The Morgan fingerprint density at radius 1 is 1.05 bits per heavy atom. The fourth-order valence-electron chi connectivity index (χ4n) is 5.06. The van der Waals surface area contributed by atoms with Gasteiger partial charge in [0.15, 0.2) is 0 Å². The molecule has 0 spiro atoms. The van der Waals surface area contributed by atoms with Crippen molar-refractivity contribution in [1.82, 2.24) is 10.3 Å². The molecule has 208 valence electrons. The Bertz CT molecular complexity index is 1470. The van der Waals surface area contributed by atoms with E-state index >= 15 is 0 Å². The quantitative estimate of drug-likeness (QED) is 0.357. The van der Waals surface area contributed by atoms with Crippen LogP contribution in [0.15, 0.2) is 66.7 Å². The highest BCUT2D eigenvalue weighted by Gasteiger charge is 2.48. The fourth-order valence-corrected chi connectivity index (χ4v) is 5.46. The van der Waals surface area contributed by atoms with Gasteiger partial charge in [0, 0.05) is 41.6 Å². The molecule has 7 nitrogen and oxygen atoms in total. The van der Waals surface area contributed by atoms with Crippen LogP contribution in [0.4, 0.5) is 24.7 Å². The molecular weight excluding hydrogens is 568 g/mol. The molecule has 3 amide bonds. The highest BCUT2D eigenvalue weighted by Crippen LogP contribution is 2.40. The fraction of sp³-hybridized carbons (Fsp3) is 0.286. The Hall–Kier alpha value is -3.63. The first-order valence-corrected chi connectivity index (χ1v) is 13.3. The first-order valence-electron chi connectivity index (χ1n) is 12.5. The lowest BCUT2D eigenvalue weighted by Crippen LogP contribution is -2.56. The summed E-state index contributed by atoms with van der Waals surface area (Å²) in [7, 11) is 0. The number of amides is 3. The van der Waals surface area contributed by atoms with E-state index in [4.69, 9.17) is 23.2 Å². The van der Waals surface area contributed by atoms with Gasteiger partial charge in [0.05, 0.1) is 0 Å². The van der Waals surface area contributed by atoms with E-state index in [1.807, 2.05) is 0 Å². The number of rotatable bonds is 7. The molecule has 1 aliphatic carbocycles. The normalized spacial score (nSPS) is 19.2. The average Bonchev–Trinajstić information content (AvgIpc) is 3.27. The largest absolute Gasteiger partial charge is 0.351 e. The summed E-state index contributed by atoms with van der Waals surface area (Å²) in [6.45, 7) is 0. The number of carbonyl (C=O) groups excluding carboxylic acids is 3. The zero-order chi connectivity index (χ0) is 28.6. The van der Waals surface area contributed by atoms with Crippen LogP contribution >= 0.6 is 23.2 Å². The number of carbonyl (C=O) groups is 3. The molecule has 1 aliphatic heterocycles. The van der Waals surface area contributed by atoms with Crippen LogP contribution in [0.1, 0.15) is 37.3 Å². The standard InChI is InChI=1S/C28H23Cl2F3N4O3/c29-20-8-2-1-7-19(20)25(26(39)34-17-14-28(32,33)15-17)36(18-6-3-5-16(31)13-18)27(40)21-11-12-24(38)37(21)23-10-4-9-22(30)35-23/h1-10,13,17,21,25H,11-12,14-15H2,(H,34,39)/t21-,25-/m0/s1. The maximum Gasteiger partial charge on any atom is 0.252 e. The molecular formula is C28H23Cl2F3N4O3. The molecule has 0 bridgehead atoms. The number of halogens is 5. The topological polar surface area (TPSA) is 82.6 Å². The number of benzene rings is 2. The highest BCUT2D eigenvalue weighted by molar-refractivity contribution is 6.32. The van der Waals surface area contributed by atoms with Crippen molar-refractivity contribution in [3.05, 3.63) is 88.3 Å². The van der Waals surface area contributed by atoms with E-state index in [-0.39, 0.29) is 46.0 Å². The second-order valence-corrected chi connectivity index (χ2v) is 10.5. The Kier molecular flexibility index (Phi) is 7.74. The van der Waals surface area contributed by atoms with Gasteiger partial charge in [-0.2, -0.15) is 0 Å². The molecule has 2 aliphatic rings. The zero-order valence-corrected chi connectivity index (χ0v) is 22.4. The van der Waals surface area contributed by atoms with Crippen LogP contribution in [0.5, 0.6) is 0 Å². The molecule has 2 aromatic carbocycles. The van der Waals surface area contributed by atoms with Gasteiger partial charge in [0.2, 0.25) is 11.8 Å². The minimum atomic E-state index is -2.90. The van der Waals surface area contributed by atoms with Gasteiger partial charge in [0.25, 0.3) is 11.8 Å². The smallest absolute Gasteiger partial charge is 0.252 e. The third kappa shape index (κ3) is 5.64. The van der Waals surface area contributed by atoms with E-state index in [0.717, 1.165) is 11.0 Å². The van der Waals surface area contributed by atoms with E-state index in [0.29, 0.717) is 0 Å². The van der Waals surface area contributed by atoms with Gasteiger partial charge in [-0.3, -0.25) is 24.2 Å². The van der Waals surface area contributed by atoms with E-state index < -0.39 is 54.5 Å². The molecule has 40 heavy (non-hydrogen) atoms. The van der Waals surface area contributed by atoms with Gasteiger partial charge in [-0.15, -0.1) is 0 Å². The number of nitrogens with zero attached hydrogens (tertiary/aromatic N) is 3. The van der Waals surface area contributed by atoms with Crippen LogP contribution in [0.25, 0.3) is 0 Å². The maximum absolute atomic E-state index is 14.5. The van der Waals surface area contributed by atoms with Crippen molar-refractivity contribution in [2.75, 3.05) is 9.80 Å². The molecule has 1 aromatic heterocycles. The van der Waals surface area contributed by atoms with Gasteiger partial charge in [0.1, 0.15) is 28.9 Å². The van der Waals surface area contributed by atoms with Crippen molar-refractivity contribution in [2.45, 2.75) is 49.7 Å². The molecule has 5 rings (SSSR count). The number of hydrogen-bond acceptors (Lipinski definition) is 4. The first kappa shape index (κ1) is 27.9. The summed E-state index contributed by atoms with van der Waals surface area (Å²) in [4.78, 5) is 47.5. The lowest BCUT2D eigenvalue weighted by atomic mass is 9.87. The Morgan fingerprint density at radius 3 is 2.45 bits per heavy atom. The average molecular weight is 591 g/mol. The van der Waals surface area contributed by atoms with Crippen LogP contribution in [0.3, 0.4) is 0 Å². The van der Waals surface area contributed by atoms with Crippen LogP contribution in [0.2, 0.25) is 10.2 Å². The van der Waals surface area contributed by atoms with Gasteiger partial charge in [-0.25, -0.2) is 18.2 Å². The number of nitrogens with one attached hydrogen (secondary N) is 1. The number of pyridine rings is 1. The van der Waals surface area contributed by atoms with Gasteiger partial charge >= 0.3 is 0 Å². The van der Waals surface area contributed by atoms with Crippen molar-refractivity contribution in [2.24, 2.45) is 0 Å². The molecule has 2 fully saturated rings. The highest BCUT2D eigenvalue weighted by atomic mass is 35.5. The maximum atomic E-state index is 14.5. The van der Waals surface area contributed by atoms with Gasteiger partial charge in [-0.05, 0) is 42.8 Å². The van der Waals surface area contributed by atoms with Gasteiger partial charge < -0.3 is 5.32 Å². The number of aromatic nitrogens is 1. The summed E-state index contributed by atoms with van der Waals surface area (Å²) in [6, 6.07) is 12.5. The molecule has 2 atom stereocenters. The summed E-state index contributed by atoms with van der Waals surface area (Å²) in [5, 5.41) is 2.83. The Balaban J connectivity index is 1.60. The third-order valence-corrected chi connectivity index (χ3v) is 7.47. The third-order valence-electron chi connectivity index (χ3n) is 6.91. The predicted molar refractivity (Wildman–Crippen MR) is 144 cm³/mol. The second kappa shape index (κ2) is 11.1. The molecule has 2 heterocycles. The minimum absolute atomic E-state index is 0.0156. The zero-order valence-electron chi connectivity index (χ0n) is 20.9. The number of anilines is 2. The van der Waals surface area contributed by atoms with Crippen LogP contribution in [-0.4, -0.2) is 40.7 Å². The molecule has 0 unspecified atom stereocenters. The summed E-state index contributed by atoms with van der Waals surface area (Å²) in [5.41, 5.74) is 0.212. The summed E-state index contributed by atoms with van der Waals surface area (Å²) in [6.07, 6.45) is -0.994. The monoisotopic (exact) mass is 590 g/mol. The first-order chi connectivity index (χ1) is 19.0. The molecule has 1 saturated carbocycles. The van der Waals surface area contributed by atoms with Crippen LogP contribution < -0.4 is 15.1 Å². The van der Waals surface area contributed by atoms with Crippen LogP contribution in [0, 0.1) is 5.82 Å². The molecule has 1 saturated heterocycles. The summed E-state index contributed by atoms with van der Waals surface area (Å²) >= 11 is 12.5. The molecule has 1 N–H and O–H groups in total. The molecule has 12 heteroatoms. The van der Waals surface area contributed by atoms with Crippen molar-refractivity contribution >= 4 is 52.4 Å². The predicted octanol–water partition coefficient (Wildman–Crippen LogP) is 5.71. The Morgan fingerprint density at radius 2 is 1.77 bits per heavy atom. The summed E-state index contributed by atoms with van der Waals surface area (Å²) in [5.74, 6) is -5.31. The van der Waals surface area contributed by atoms with Gasteiger partial charge in [-0.1, -0.05) is 53.5 Å². The minimum Gasteiger partial charge on any atom is -0.351 e. The van der Waals surface area contributed by atoms with Crippen molar-refractivity contribution in [3.63, 3.8) is 0 Å². The lowest BCUT2D eigenvalue weighted by molar-refractivity contribution is -0.133. The number of hydrogen-bond donors (Lipinski definition) is 1. The number of alkyl halides is 2. The van der Waals surface area contributed by atoms with Crippen molar-refractivity contribution in [3.8, 4) is 0 Å². The molecule has 0 radical (unpaired) electrons. The second-order valence-electron chi connectivity index (χ2n) is 9.72. The van der Waals surface area contributed by atoms with Crippen molar-refractivity contribution in [1.29, 1.82) is 0 Å². The lowest BCUT2D eigenvalue weighted by Gasteiger charge is -2.39. The van der Waals surface area contributed by atoms with E-state index in [2.05, 4.69) is 10.3 Å². The van der Waals surface area contributed by atoms with Crippen LogP contribution in [-0.2, 0) is 14.4 Å². The van der Waals surface area contributed by atoms with E-state index in [1.165, 1.54) is 47.4 Å². The molecule has 3 aromatic rings. The van der Waals surface area contributed by atoms with Crippen molar-refractivity contribution < 1.29 is 27.6 Å². The summed E-state index contributed by atoms with van der Waals surface area (Å²) < 4.78 is 41.6. The van der Waals surface area contributed by atoms with E-state index in [1.54, 1.807) is 18.2 Å². The van der Waals surface area contributed by atoms with E-state index in [9.17, 15) is 27.6 Å². The SMILES string of the molecule is O=C(NC1CC(F)(F)C1)[C@H](c1ccccc1Cl)N(C(=O)[C@@H]1CCC(=O)N1c1cccc(Cl)n1)c1cccc(F)c1.